The molecule has 0 aliphatic heterocycles. The highest BCUT2D eigenvalue weighted by Crippen LogP contribution is 2.37. The van der Waals surface area contributed by atoms with E-state index in [0.29, 0.717) is 5.75 Å². The molecule has 26 heavy (non-hydrogen) atoms. The van der Waals surface area contributed by atoms with E-state index in [1.54, 1.807) is 6.92 Å². The molecule has 0 aliphatic rings. The van der Waals surface area contributed by atoms with Crippen molar-refractivity contribution >= 4 is 33.2 Å². The van der Waals surface area contributed by atoms with Crippen LogP contribution < -0.4 is 9.46 Å². The van der Waals surface area contributed by atoms with Gasteiger partial charge in [0.05, 0.1) is 12.1 Å². The van der Waals surface area contributed by atoms with Crippen molar-refractivity contribution in [2.75, 3.05) is 7.11 Å². The van der Waals surface area contributed by atoms with Gasteiger partial charge in [-0.25, -0.2) is 13.1 Å². The second-order valence-electron chi connectivity index (χ2n) is 7.11. The highest BCUT2D eigenvalue weighted by molar-refractivity contribution is 7.89. The predicted octanol–water partition coefficient (Wildman–Crippen LogP) is 5.34. The molecule has 0 aromatic heterocycles. The number of ether oxygens (including phenoxy) is 1. The minimum atomic E-state index is -3.85. The Bertz CT molecular complexity index is 888. The van der Waals surface area contributed by atoms with Crippen LogP contribution in [0.2, 0.25) is 10.0 Å². The zero-order chi connectivity index (χ0) is 19.7. The first-order chi connectivity index (χ1) is 12.0. The van der Waals surface area contributed by atoms with Crippen LogP contribution in [-0.2, 0) is 15.4 Å². The van der Waals surface area contributed by atoms with E-state index in [1.807, 2.05) is 24.3 Å². The van der Waals surface area contributed by atoms with E-state index in [0.717, 1.165) is 5.56 Å². The third-order valence-corrected chi connectivity index (χ3v) is 6.69. The van der Waals surface area contributed by atoms with E-state index in [2.05, 4.69) is 25.5 Å². The van der Waals surface area contributed by atoms with Crippen LogP contribution in [0.3, 0.4) is 0 Å². The summed E-state index contributed by atoms with van der Waals surface area (Å²) >= 11 is 12.2. The first kappa shape index (κ1) is 21.0. The second kappa shape index (κ2) is 7.77. The number of methoxy groups -OCH3 is 1. The van der Waals surface area contributed by atoms with Gasteiger partial charge < -0.3 is 4.74 Å². The fourth-order valence-corrected chi connectivity index (χ4v) is 4.59. The van der Waals surface area contributed by atoms with Crippen molar-refractivity contribution in [3.63, 3.8) is 0 Å². The average Bonchev–Trinajstić information content (AvgIpc) is 2.56. The zero-order valence-electron chi connectivity index (χ0n) is 15.4. The van der Waals surface area contributed by atoms with Crippen molar-refractivity contribution in [1.29, 1.82) is 0 Å². The van der Waals surface area contributed by atoms with Gasteiger partial charge in [-0.3, -0.25) is 0 Å². The van der Waals surface area contributed by atoms with Gasteiger partial charge in [0.15, 0.2) is 0 Å². The standard InChI is InChI=1S/C19H23Cl2NO3S/c1-12(13-6-8-14(9-7-13)19(2,3)4)22-26(23,24)16-11-10-15(25-5)17(20)18(16)21/h6-12,22H,1-5H3/t12-/m1/s1. The van der Waals surface area contributed by atoms with E-state index in [4.69, 9.17) is 27.9 Å². The lowest BCUT2D eigenvalue weighted by Crippen LogP contribution is -2.27. The summed E-state index contributed by atoms with van der Waals surface area (Å²) in [6.45, 7) is 8.17. The minimum Gasteiger partial charge on any atom is -0.495 e. The Morgan fingerprint density at radius 1 is 1.00 bits per heavy atom. The number of rotatable bonds is 5. The molecule has 7 heteroatoms. The zero-order valence-corrected chi connectivity index (χ0v) is 17.8. The van der Waals surface area contributed by atoms with E-state index < -0.39 is 16.1 Å². The lowest BCUT2D eigenvalue weighted by molar-refractivity contribution is 0.414. The first-order valence-corrected chi connectivity index (χ1v) is 10.4. The fraction of sp³-hybridized carbons (Fsp3) is 0.368. The van der Waals surface area contributed by atoms with Gasteiger partial charge in [-0.05, 0) is 35.6 Å². The summed E-state index contributed by atoms with van der Waals surface area (Å²) in [5, 5.41) is 0.00743. The molecule has 0 amide bonds. The van der Waals surface area contributed by atoms with Crippen molar-refractivity contribution in [3.8, 4) is 5.75 Å². The summed E-state index contributed by atoms with van der Waals surface area (Å²) in [5.74, 6) is 0.321. The van der Waals surface area contributed by atoms with Crippen molar-refractivity contribution < 1.29 is 13.2 Å². The molecule has 2 aromatic rings. The molecule has 4 nitrogen and oxygen atoms in total. The molecule has 0 saturated carbocycles. The summed E-state index contributed by atoms with van der Waals surface area (Å²) < 4.78 is 33.1. The van der Waals surface area contributed by atoms with Gasteiger partial charge in [-0.15, -0.1) is 0 Å². The number of halogens is 2. The van der Waals surface area contributed by atoms with E-state index in [9.17, 15) is 8.42 Å². The number of hydrogen-bond donors (Lipinski definition) is 1. The van der Waals surface area contributed by atoms with Crippen LogP contribution in [0.5, 0.6) is 5.75 Å². The van der Waals surface area contributed by atoms with Crippen LogP contribution in [0.1, 0.15) is 44.9 Å². The molecule has 0 radical (unpaired) electrons. The molecule has 0 heterocycles. The molecule has 2 aromatic carbocycles. The Kier molecular flexibility index (Phi) is 6.28. The smallest absolute Gasteiger partial charge is 0.242 e. The molecule has 1 atom stereocenters. The van der Waals surface area contributed by atoms with Gasteiger partial charge in [0.25, 0.3) is 0 Å². The maximum atomic E-state index is 12.7. The summed E-state index contributed by atoms with van der Waals surface area (Å²) in [5.41, 5.74) is 2.08. The van der Waals surface area contributed by atoms with Crippen LogP contribution in [0.4, 0.5) is 0 Å². The molecule has 0 unspecified atom stereocenters. The molecular weight excluding hydrogens is 393 g/mol. The number of nitrogens with one attached hydrogen (secondary N) is 1. The van der Waals surface area contributed by atoms with Gasteiger partial charge >= 0.3 is 0 Å². The number of hydrogen-bond acceptors (Lipinski definition) is 3. The second-order valence-corrected chi connectivity index (χ2v) is 9.55. The summed E-state index contributed by atoms with van der Waals surface area (Å²) in [6, 6.07) is 10.3. The molecule has 0 aliphatic carbocycles. The highest BCUT2D eigenvalue weighted by atomic mass is 35.5. The van der Waals surface area contributed by atoms with E-state index in [1.165, 1.54) is 24.8 Å². The Morgan fingerprint density at radius 2 is 1.58 bits per heavy atom. The Labute approximate surface area is 165 Å². The normalized spacial score (nSPS) is 13.5. The Balaban J connectivity index is 2.28. The molecule has 0 saturated heterocycles. The summed E-state index contributed by atoms with van der Waals surface area (Å²) in [4.78, 5) is -0.0804. The van der Waals surface area contributed by atoms with Gasteiger partial charge in [0.2, 0.25) is 10.0 Å². The maximum Gasteiger partial charge on any atom is 0.242 e. The van der Waals surface area contributed by atoms with Crippen LogP contribution in [0.15, 0.2) is 41.3 Å². The van der Waals surface area contributed by atoms with Crippen LogP contribution in [0.25, 0.3) is 0 Å². The van der Waals surface area contributed by atoms with Gasteiger partial charge in [0, 0.05) is 6.04 Å². The maximum absolute atomic E-state index is 12.7. The molecular formula is C19H23Cl2NO3S. The van der Waals surface area contributed by atoms with Gasteiger partial charge in [-0.1, -0.05) is 68.2 Å². The van der Waals surface area contributed by atoms with Crippen molar-refractivity contribution in [3.05, 3.63) is 57.6 Å². The van der Waals surface area contributed by atoms with Crippen molar-refractivity contribution in [2.24, 2.45) is 0 Å². The monoisotopic (exact) mass is 415 g/mol. The Morgan fingerprint density at radius 3 is 2.08 bits per heavy atom. The summed E-state index contributed by atoms with van der Waals surface area (Å²) in [6.07, 6.45) is 0. The van der Waals surface area contributed by atoms with Gasteiger partial charge in [0.1, 0.15) is 15.7 Å². The molecule has 0 spiro atoms. The molecule has 142 valence electrons. The highest BCUT2D eigenvalue weighted by Gasteiger charge is 2.24. The minimum absolute atomic E-state index is 0.0364. The lowest BCUT2D eigenvalue weighted by atomic mass is 9.86. The number of benzene rings is 2. The van der Waals surface area contributed by atoms with Crippen molar-refractivity contribution in [2.45, 2.75) is 44.0 Å². The molecule has 1 N–H and O–H groups in total. The first-order valence-electron chi connectivity index (χ1n) is 8.12. The SMILES string of the molecule is COc1ccc(S(=O)(=O)N[C@H](C)c2ccc(C(C)(C)C)cc2)c(Cl)c1Cl. The topological polar surface area (TPSA) is 55.4 Å². The molecule has 0 fully saturated rings. The quantitative estimate of drug-likeness (QED) is 0.716. The fourth-order valence-electron chi connectivity index (χ4n) is 2.52. The van der Waals surface area contributed by atoms with Crippen LogP contribution >= 0.6 is 23.2 Å². The molecule has 2 rings (SSSR count). The number of sulfonamides is 1. The third-order valence-electron chi connectivity index (χ3n) is 4.13. The van der Waals surface area contributed by atoms with Crippen molar-refractivity contribution in [1.82, 2.24) is 4.72 Å². The van der Waals surface area contributed by atoms with Crippen LogP contribution in [0, 0.1) is 0 Å². The van der Waals surface area contributed by atoms with Gasteiger partial charge in [-0.2, -0.15) is 0 Å². The Hall–Kier alpha value is -1.27. The van der Waals surface area contributed by atoms with E-state index >= 15 is 0 Å². The summed E-state index contributed by atoms with van der Waals surface area (Å²) in [7, 11) is -2.41. The molecule has 0 bridgehead atoms. The average molecular weight is 416 g/mol. The lowest BCUT2D eigenvalue weighted by Gasteiger charge is -2.21. The van der Waals surface area contributed by atoms with E-state index in [-0.39, 0.29) is 20.4 Å². The largest absolute Gasteiger partial charge is 0.495 e. The third kappa shape index (κ3) is 4.52. The van der Waals surface area contributed by atoms with Crippen LogP contribution in [-0.4, -0.2) is 15.5 Å². The predicted molar refractivity (Wildman–Crippen MR) is 107 cm³/mol.